The van der Waals surface area contributed by atoms with Crippen LogP contribution in [0.5, 0.6) is 23.0 Å². The molecule has 150 valence electrons. The molecule has 0 heterocycles. The van der Waals surface area contributed by atoms with Crippen molar-refractivity contribution >= 4 is 28.1 Å². The summed E-state index contributed by atoms with van der Waals surface area (Å²) in [5, 5.41) is 3.95. The molecular formula is C20H23BrN2O5. The molecule has 0 saturated heterocycles. The molecule has 0 aliphatic carbocycles. The van der Waals surface area contributed by atoms with Crippen molar-refractivity contribution in [2.75, 3.05) is 27.4 Å². The Hall–Kier alpha value is -2.74. The molecule has 7 nitrogen and oxygen atoms in total. The number of methoxy groups -OCH3 is 2. The number of carbonyl (C=O) groups excluding carboxylic acids is 1. The second-order valence-corrected chi connectivity index (χ2v) is 6.49. The summed E-state index contributed by atoms with van der Waals surface area (Å²) in [7, 11) is 3.15. The average Bonchev–Trinajstić information content (AvgIpc) is 2.71. The molecule has 0 bridgehead atoms. The normalized spacial score (nSPS) is 10.6. The summed E-state index contributed by atoms with van der Waals surface area (Å²) in [6.07, 6.45) is 2.41. The molecule has 1 amide bonds. The van der Waals surface area contributed by atoms with Crippen LogP contribution in [0, 0.1) is 0 Å². The van der Waals surface area contributed by atoms with Crippen LogP contribution in [-0.4, -0.2) is 39.6 Å². The van der Waals surface area contributed by atoms with E-state index in [1.54, 1.807) is 44.6 Å². The van der Waals surface area contributed by atoms with Crippen LogP contribution < -0.4 is 24.4 Å². The molecule has 0 aromatic heterocycles. The fourth-order valence-corrected chi connectivity index (χ4v) is 2.76. The van der Waals surface area contributed by atoms with Crippen LogP contribution in [-0.2, 0) is 4.79 Å². The second-order valence-electron chi connectivity index (χ2n) is 5.64. The van der Waals surface area contributed by atoms with E-state index < -0.39 is 0 Å². The Morgan fingerprint density at radius 1 is 1.11 bits per heavy atom. The van der Waals surface area contributed by atoms with Gasteiger partial charge in [-0.2, -0.15) is 5.10 Å². The summed E-state index contributed by atoms with van der Waals surface area (Å²) in [6, 6.07) is 10.6. The minimum absolute atomic E-state index is 0.152. The van der Waals surface area contributed by atoms with E-state index in [0.717, 1.165) is 16.5 Å². The van der Waals surface area contributed by atoms with Crippen LogP contribution in [0.15, 0.2) is 46.0 Å². The maximum Gasteiger partial charge on any atom is 0.277 e. The Kier molecular flexibility index (Phi) is 8.61. The summed E-state index contributed by atoms with van der Waals surface area (Å²) >= 11 is 3.47. The van der Waals surface area contributed by atoms with Crippen molar-refractivity contribution in [3.05, 3.63) is 46.4 Å². The number of nitrogens with one attached hydrogen (secondary N) is 1. The fourth-order valence-electron chi connectivity index (χ4n) is 2.19. The van der Waals surface area contributed by atoms with Gasteiger partial charge < -0.3 is 18.9 Å². The predicted molar refractivity (Wildman–Crippen MR) is 111 cm³/mol. The lowest BCUT2D eigenvalue weighted by molar-refractivity contribution is -0.123. The molecule has 2 rings (SSSR count). The molecule has 1 N–H and O–H groups in total. The topological polar surface area (TPSA) is 78.4 Å². The molecule has 8 heteroatoms. The second kappa shape index (κ2) is 11.2. The summed E-state index contributed by atoms with van der Waals surface area (Å²) in [5.74, 6) is 2.13. The molecule has 0 radical (unpaired) electrons. The Bertz CT molecular complexity index is 809. The van der Waals surface area contributed by atoms with Crippen molar-refractivity contribution in [2.45, 2.75) is 13.3 Å². The summed E-state index contributed by atoms with van der Waals surface area (Å²) in [6.45, 7) is 2.47. The largest absolute Gasteiger partial charge is 0.497 e. The van der Waals surface area contributed by atoms with Gasteiger partial charge >= 0.3 is 0 Å². The van der Waals surface area contributed by atoms with E-state index in [9.17, 15) is 4.79 Å². The van der Waals surface area contributed by atoms with Crippen molar-refractivity contribution in [3.63, 3.8) is 0 Å². The van der Waals surface area contributed by atoms with Crippen molar-refractivity contribution in [2.24, 2.45) is 5.10 Å². The molecule has 0 fully saturated rings. The van der Waals surface area contributed by atoms with Gasteiger partial charge in [0.2, 0.25) is 0 Å². The van der Waals surface area contributed by atoms with Gasteiger partial charge in [-0.05, 0) is 64.3 Å². The Morgan fingerprint density at radius 2 is 1.82 bits per heavy atom. The van der Waals surface area contributed by atoms with Crippen LogP contribution in [0.4, 0.5) is 0 Å². The van der Waals surface area contributed by atoms with Crippen LogP contribution >= 0.6 is 15.9 Å². The van der Waals surface area contributed by atoms with Crippen molar-refractivity contribution in [1.29, 1.82) is 0 Å². The molecule has 0 aliphatic heterocycles. The molecule has 2 aromatic rings. The lowest BCUT2D eigenvalue weighted by Gasteiger charge is -2.12. The number of carbonyl (C=O) groups is 1. The molecule has 0 unspecified atom stereocenters. The van der Waals surface area contributed by atoms with Crippen molar-refractivity contribution in [3.8, 4) is 23.0 Å². The number of ether oxygens (including phenoxy) is 4. The Balaban J connectivity index is 1.90. The molecule has 28 heavy (non-hydrogen) atoms. The first-order valence-electron chi connectivity index (χ1n) is 8.66. The lowest BCUT2D eigenvalue weighted by atomic mass is 10.2. The van der Waals surface area contributed by atoms with E-state index >= 15 is 0 Å². The van der Waals surface area contributed by atoms with E-state index in [0.29, 0.717) is 29.6 Å². The fraction of sp³-hybridized carbons (Fsp3) is 0.300. The zero-order chi connectivity index (χ0) is 20.4. The quantitative estimate of drug-likeness (QED) is 0.440. The van der Waals surface area contributed by atoms with Gasteiger partial charge in [-0.1, -0.05) is 6.92 Å². The van der Waals surface area contributed by atoms with Crippen LogP contribution in [0.25, 0.3) is 0 Å². The van der Waals surface area contributed by atoms with E-state index in [1.165, 1.54) is 6.21 Å². The number of benzene rings is 2. The maximum absolute atomic E-state index is 11.9. The van der Waals surface area contributed by atoms with E-state index in [4.69, 9.17) is 18.9 Å². The smallest absolute Gasteiger partial charge is 0.277 e. The number of amides is 1. The van der Waals surface area contributed by atoms with Gasteiger partial charge in [0.15, 0.2) is 18.1 Å². The minimum Gasteiger partial charge on any atom is -0.497 e. The summed E-state index contributed by atoms with van der Waals surface area (Å²) < 4.78 is 22.3. The summed E-state index contributed by atoms with van der Waals surface area (Å²) in [5.41, 5.74) is 3.16. The first kappa shape index (κ1) is 21.6. The van der Waals surface area contributed by atoms with Gasteiger partial charge in [0, 0.05) is 0 Å². The third-order valence-electron chi connectivity index (χ3n) is 3.53. The Labute approximate surface area is 172 Å². The number of rotatable bonds is 10. The minimum atomic E-state index is -0.374. The maximum atomic E-state index is 11.9. The zero-order valence-electron chi connectivity index (χ0n) is 16.0. The van der Waals surface area contributed by atoms with E-state index in [2.05, 4.69) is 26.5 Å². The molecule has 0 aliphatic rings. The van der Waals surface area contributed by atoms with E-state index in [-0.39, 0.29) is 12.5 Å². The third kappa shape index (κ3) is 6.45. The first-order valence-corrected chi connectivity index (χ1v) is 9.45. The van der Waals surface area contributed by atoms with Gasteiger partial charge in [0.05, 0.1) is 31.5 Å². The highest BCUT2D eigenvalue weighted by atomic mass is 79.9. The molecule has 0 saturated carbocycles. The highest BCUT2D eigenvalue weighted by Gasteiger charge is 2.11. The van der Waals surface area contributed by atoms with Crippen molar-refractivity contribution in [1.82, 2.24) is 5.43 Å². The van der Waals surface area contributed by atoms with Gasteiger partial charge in [0.1, 0.15) is 11.5 Å². The number of halogens is 1. The number of hydrogen-bond donors (Lipinski definition) is 1. The van der Waals surface area contributed by atoms with Gasteiger partial charge in [0.25, 0.3) is 5.91 Å². The predicted octanol–water partition coefficient (Wildman–Crippen LogP) is 3.78. The molecule has 0 spiro atoms. The van der Waals surface area contributed by atoms with Crippen LogP contribution in [0.2, 0.25) is 0 Å². The lowest BCUT2D eigenvalue weighted by Crippen LogP contribution is -2.24. The van der Waals surface area contributed by atoms with Gasteiger partial charge in [-0.25, -0.2) is 5.43 Å². The number of nitrogens with zero attached hydrogens (tertiary/aromatic N) is 1. The molecular weight excluding hydrogens is 428 g/mol. The summed E-state index contributed by atoms with van der Waals surface area (Å²) in [4.78, 5) is 11.9. The van der Waals surface area contributed by atoms with Crippen LogP contribution in [0.1, 0.15) is 18.9 Å². The first-order chi connectivity index (χ1) is 13.6. The standard InChI is InChI=1S/C20H23BrN2O5/c1-4-9-27-20-17(21)10-14(11-18(20)26-3)12-22-23-19(24)13-28-16-7-5-15(25-2)6-8-16/h5-8,10-12H,4,9,13H2,1-3H3,(H,23,24)/b22-12+. The monoisotopic (exact) mass is 450 g/mol. The molecule has 0 atom stereocenters. The van der Waals surface area contributed by atoms with Crippen LogP contribution in [0.3, 0.4) is 0 Å². The highest BCUT2D eigenvalue weighted by Crippen LogP contribution is 2.36. The SMILES string of the molecule is CCCOc1c(Br)cc(/C=N/NC(=O)COc2ccc(OC)cc2)cc1OC. The zero-order valence-corrected chi connectivity index (χ0v) is 17.6. The Morgan fingerprint density at radius 3 is 2.46 bits per heavy atom. The molecule has 2 aromatic carbocycles. The number of hydrogen-bond acceptors (Lipinski definition) is 6. The highest BCUT2D eigenvalue weighted by molar-refractivity contribution is 9.10. The average molecular weight is 451 g/mol. The number of hydrazone groups is 1. The van der Waals surface area contributed by atoms with E-state index in [1.807, 2.05) is 13.0 Å². The third-order valence-corrected chi connectivity index (χ3v) is 4.12. The van der Waals surface area contributed by atoms with Gasteiger partial charge in [-0.15, -0.1) is 0 Å². The van der Waals surface area contributed by atoms with Gasteiger partial charge in [-0.3, -0.25) is 4.79 Å². The van der Waals surface area contributed by atoms with Crippen molar-refractivity contribution < 1.29 is 23.7 Å².